The molecule has 0 aliphatic carbocycles. The second-order valence-corrected chi connectivity index (χ2v) is 6.81. The Morgan fingerprint density at radius 2 is 1.76 bits per heavy atom. The average molecular weight is 308 g/mol. The van der Waals surface area contributed by atoms with Crippen LogP contribution in [0.2, 0.25) is 0 Å². The fourth-order valence-electron chi connectivity index (χ4n) is 2.19. The lowest BCUT2D eigenvalue weighted by molar-refractivity contribution is -0.135. The van der Waals surface area contributed by atoms with Gasteiger partial charge in [0.05, 0.1) is 15.6 Å². The van der Waals surface area contributed by atoms with Gasteiger partial charge in [-0.1, -0.05) is 0 Å². The van der Waals surface area contributed by atoms with Crippen molar-refractivity contribution in [1.82, 2.24) is 10.6 Å². The maximum atomic E-state index is 12.5. The molecule has 21 heavy (non-hydrogen) atoms. The summed E-state index contributed by atoms with van der Waals surface area (Å²) in [6, 6.07) is 4.02. The van der Waals surface area contributed by atoms with E-state index in [0.29, 0.717) is 19.6 Å². The quantitative estimate of drug-likeness (QED) is 0.574. The van der Waals surface area contributed by atoms with Crippen LogP contribution >= 0.6 is 0 Å². The molecule has 8 nitrogen and oxygen atoms in total. The Labute approximate surface area is 119 Å². The van der Waals surface area contributed by atoms with Gasteiger partial charge in [0.1, 0.15) is 5.37 Å². The van der Waals surface area contributed by atoms with Crippen LogP contribution in [0.3, 0.4) is 0 Å². The summed E-state index contributed by atoms with van der Waals surface area (Å²) in [7, 11) is -3.60. The molecule has 1 unspecified atom stereocenters. The number of rotatable bonds is 2. The SMILES string of the molecule is O=C1N=c2ccc(S(=O)(=O)C3CNCCN3)cc2=NC1=O. The van der Waals surface area contributed by atoms with Crippen molar-refractivity contribution in [2.45, 2.75) is 10.3 Å². The summed E-state index contributed by atoms with van der Waals surface area (Å²) >= 11 is 0. The Kier molecular flexibility index (Phi) is 3.40. The summed E-state index contributed by atoms with van der Waals surface area (Å²) in [5.41, 5.74) is 0. The van der Waals surface area contributed by atoms with Crippen molar-refractivity contribution in [2.24, 2.45) is 9.98 Å². The highest BCUT2D eigenvalue weighted by Crippen LogP contribution is 2.12. The largest absolute Gasteiger partial charge is 0.338 e. The summed E-state index contributed by atoms with van der Waals surface area (Å²) in [4.78, 5) is 29.5. The number of piperazine rings is 1. The number of nitrogens with one attached hydrogen (secondary N) is 2. The van der Waals surface area contributed by atoms with Crippen molar-refractivity contribution in [3.8, 4) is 0 Å². The lowest BCUT2D eigenvalue weighted by Crippen LogP contribution is -2.52. The first-order valence-corrected chi connectivity index (χ1v) is 7.87. The third kappa shape index (κ3) is 2.50. The van der Waals surface area contributed by atoms with Gasteiger partial charge in [-0.2, -0.15) is 0 Å². The summed E-state index contributed by atoms with van der Waals surface area (Å²) in [5.74, 6) is -1.94. The van der Waals surface area contributed by atoms with Crippen LogP contribution in [0.4, 0.5) is 0 Å². The zero-order chi connectivity index (χ0) is 15.0. The van der Waals surface area contributed by atoms with E-state index in [1.807, 2.05) is 0 Å². The van der Waals surface area contributed by atoms with Crippen LogP contribution in [0.15, 0.2) is 33.1 Å². The average Bonchev–Trinajstić information content (AvgIpc) is 2.49. The minimum atomic E-state index is -3.60. The molecule has 2 aliphatic heterocycles. The van der Waals surface area contributed by atoms with E-state index in [1.165, 1.54) is 18.2 Å². The Balaban J connectivity index is 2.07. The molecule has 110 valence electrons. The molecule has 2 N–H and O–H groups in total. The molecular formula is C12H12N4O4S. The van der Waals surface area contributed by atoms with Crippen LogP contribution in [0, 0.1) is 0 Å². The maximum absolute atomic E-state index is 12.5. The number of nitrogens with zero attached hydrogens (tertiary/aromatic N) is 2. The molecule has 3 rings (SSSR count). The van der Waals surface area contributed by atoms with Gasteiger partial charge in [0, 0.05) is 19.6 Å². The lowest BCUT2D eigenvalue weighted by atomic mass is 10.3. The standard InChI is InChI=1S/C12H12N4O4S/c17-11-12(18)16-9-5-7(1-2-8(9)15-11)21(19,20)10-6-13-3-4-14-10/h1-2,5,10,13-14H,3-4,6H2. The molecule has 1 aromatic carbocycles. The van der Waals surface area contributed by atoms with E-state index >= 15 is 0 Å². The van der Waals surface area contributed by atoms with Crippen LogP contribution in [0.1, 0.15) is 0 Å². The number of benzene rings is 1. The van der Waals surface area contributed by atoms with Crippen LogP contribution in [-0.2, 0) is 19.4 Å². The number of fused-ring (bicyclic) bond motifs is 1. The summed E-state index contributed by atoms with van der Waals surface area (Å²) in [5, 5.41) is 5.50. The molecule has 2 heterocycles. The van der Waals surface area contributed by atoms with E-state index in [1.54, 1.807) is 0 Å². The number of hydrogen-bond donors (Lipinski definition) is 2. The highest BCUT2D eigenvalue weighted by atomic mass is 32.2. The number of hydrogen-bond acceptors (Lipinski definition) is 6. The van der Waals surface area contributed by atoms with Gasteiger partial charge in [0.25, 0.3) is 0 Å². The van der Waals surface area contributed by atoms with E-state index < -0.39 is 27.0 Å². The first-order chi connectivity index (χ1) is 9.98. The lowest BCUT2D eigenvalue weighted by Gasteiger charge is -2.24. The summed E-state index contributed by atoms with van der Waals surface area (Å²) in [6.45, 7) is 1.57. The Morgan fingerprint density at radius 3 is 2.43 bits per heavy atom. The predicted molar refractivity (Wildman–Crippen MR) is 70.6 cm³/mol. The normalized spacial score (nSPS) is 22.2. The van der Waals surface area contributed by atoms with Crippen LogP contribution in [-0.4, -0.2) is 45.2 Å². The second kappa shape index (κ2) is 5.10. The molecule has 0 aromatic heterocycles. The van der Waals surface area contributed by atoms with Crippen molar-refractivity contribution >= 4 is 21.7 Å². The molecule has 1 fully saturated rings. The van der Waals surface area contributed by atoms with E-state index in [-0.39, 0.29) is 15.6 Å². The monoisotopic (exact) mass is 308 g/mol. The van der Waals surface area contributed by atoms with Gasteiger partial charge in [-0.25, -0.2) is 18.4 Å². The molecule has 1 atom stereocenters. The fourth-order valence-corrected chi connectivity index (χ4v) is 3.73. The van der Waals surface area contributed by atoms with Gasteiger partial charge in [-0.15, -0.1) is 0 Å². The molecular weight excluding hydrogens is 296 g/mol. The van der Waals surface area contributed by atoms with Gasteiger partial charge in [-0.3, -0.25) is 14.9 Å². The molecule has 2 amide bonds. The summed E-state index contributed by atoms with van der Waals surface area (Å²) in [6.07, 6.45) is 0. The molecule has 1 saturated heterocycles. The Morgan fingerprint density at radius 1 is 1.05 bits per heavy atom. The molecule has 0 radical (unpaired) electrons. The van der Waals surface area contributed by atoms with Crippen LogP contribution < -0.4 is 21.3 Å². The fraction of sp³-hybridized carbons (Fsp3) is 0.333. The molecule has 0 saturated carbocycles. The van der Waals surface area contributed by atoms with Crippen molar-refractivity contribution in [3.05, 3.63) is 28.9 Å². The first kappa shape index (κ1) is 14.0. The third-order valence-corrected chi connectivity index (χ3v) is 5.27. The van der Waals surface area contributed by atoms with E-state index in [4.69, 9.17) is 0 Å². The summed E-state index contributed by atoms with van der Waals surface area (Å²) < 4.78 is 25.0. The van der Waals surface area contributed by atoms with Crippen molar-refractivity contribution in [1.29, 1.82) is 0 Å². The van der Waals surface area contributed by atoms with Crippen molar-refractivity contribution < 1.29 is 18.0 Å². The highest BCUT2D eigenvalue weighted by molar-refractivity contribution is 7.92. The van der Waals surface area contributed by atoms with Crippen molar-refractivity contribution in [2.75, 3.05) is 19.6 Å². The number of amides is 2. The topological polar surface area (TPSA) is 117 Å². The molecule has 2 aliphatic rings. The number of carbonyl (C=O) groups excluding carboxylic acids is 2. The number of carbonyl (C=O) groups is 2. The molecule has 9 heteroatoms. The van der Waals surface area contributed by atoms with Gasteiger partial charge in [-0.05, 0) is 18.2 Å². The molecule has 1 aromatic rings. The van der Waals surface area contributed by atoms with Gasteiger partial charge < -0.3 is 5.32 Å². The van der Waals surface area contributed by atoms with E-state index in [2.05, 4.69) is 20.6 Å². The Bertz CT molecular complexity index is 840. The minimum absolute atomic E-state index is 0.0450. The minimum Gasteiger partial charge on any atom is -0.313 e. The highest BCUT2D eigenvalue weighted by Gasteiger charge is 2.29. The molecule has 0 spiro atoms. The first-order valence-electron chi connectivity index (χ1n) is 6.32. The predicted octanol–water partition coefficient (Wildman–Crippen LogP) is -2.71. The van der Waals surface area contributed by atoms with Gasteiger partial charge in [0.2, 0.25) is 0 Å². The Hall–Kier alpha value is -1.97. The van der Waals surface area contributed by atoms with E-state index in [9.17, 15) is 18.0 Å². The van der Waals surface area contributed by atoms with Crippen molar-refractivity contribution in [3.63, 3.8) is 0 Å². The van der Waals surface area contributed by atoms with Crippen LogP contribution in [0.25, 0.3) is 0 Å². The molecule has 0 bridgehead atoms. The maximum Gasteiger partial charge on any atom is 0.338 e. The zero-order valence-electron chi connectivity index (χ0n) is 10.9. The van der Waals surface area contributed by atoms with Gasteiger partial charge >= 0.3 is 11.8 Å². The van der Waals surface area contributed by atoms with Gasteiger partial charge in [0.15, 0.2) is 9.84 Å². The smallest absolute Gasteiger partial charge is 0.313 e. The van der Waals surface area contributed by atoms with E-state index in [0.717, 1.165) is 0 Å². The third-order valence-electron chi connectivity index (χ3n) is 3.28. The number of sulfone groups is 1. The zero-order valence-corrected chi connectivity index (χ0v) is 11.7. The second-order valence-electron chi connectivity index (χ2n) is 4.68. The van der Waals surface area contributed by atoms with Crippen LogP contribution in [0.5, 0.6) is 0 Å².